The van der Waals surface area contributed by atoms with E-state index >= 15 is 0 Å². The van der Waals surface area contributed by atoms with Crippen LogP contribution in [0.25, 0.3) is 0 Å². The lowest BCUT2D eigenvalue weighted by Gasteiger charge is -2.08. The van der Waals surface area contributed by atoms with E-state index in [1.807, 2.05) is 0 Å². The van der Waals surface area contributed by atoms with Crippen LogP contribution in [-0.4, -0.2) is 0 Å². The minimum Gasteiger partial charge on any atom is -0.0955 e. The summed E-state index contributed by atoms with van der Waals surface area (Å²) < 4.78 is 0. The average molecular weight is 290 g/mol. The molecule has 0 aliphatic heterocycles. The van der Waals surface area contributed by atoms with E-state index in [0.29, 0.717) is 5.92 Å². The molecule has 0 aromatic heterocycles. The van der Waals surface area contributed by atoms with Gasteiger partial charge in [-0.05, 0) is 44.7 Å². The van der Waals surface area contributed by atoms with Crippen molar-refractivity contribution in [3.05, 3.63) is 71.3 Å². The molecule has 0 radical (unpaired) electrons. The van der Waals surface area contributed by atoms with Crippen LogP contribution in [0, 0.1) is 24.7 Å². The second-order valence-corrected chi connectivity index (χ2v) is 6.22. The molecule has 1 aliphatic carbocycles. The third-order valence-corrected chi connectivity index (χ3v) is 4.18. The van der Waals surface area contributed by atoms with Gasteiger partial charge in [-0.1, -0.05) is 78.3 Å². The number of hydrogen-bond donors (Lipinski definition) is 0. The quantitative estimate of drug-likeness (QED) is 0.472. The van der Waals surface area contributed by atoms with Gasteiger partial charge in [0.05, 0.1) is 0 Å². The van der Waals surface area contributed by atoms with Gasteiger partial charge in [0.2, 0.25) is 0 Å². The van der Waals surface area contributed by atoms with Gasteiger partial charge in [-0.3, -0.25) is 0 Å². The van der Waals surface area contributed by atoms with Crippen molar-refractivity contribution in [2.24, 2.45) is 5.92 Å². The third-order valence-electron chi connectivity index (χ3n) is 4.18. The van der Waals surface area contributed by atoms with Crippen molar-refractivity contribution in [1.82, 2.24) is 0 Å². The second-order valence-electron chi connectivity index (χ2n) is 6.22. The fraction of sp³-hybridized carbons (Fsp3) is 0.364. The smallest absolute Gasteiger partial charge is 0.0276 e. The van der Waals surface area contributed by atoms with Crippen LogP contribution in [0.15, 0.2) is 60.2 Å². The summed E-state index contributed by atoms with van der Waals surface area (Å²) in [5.74, 6) is 7.10. The summed E-state index contributed by atoms with van der Waals surface area (Å²) in [4.78, 5) is 0. The summed E-state index contributed by atoms with van der Waals surface area (Å²) >= 11 is 0. The molecule has 22 heavy (non-hydrogen) atoms. The van der Waals surface area contributed by atoms with Gasteiger partial charge in [0.15, 0.2) is 0 Å². The van der Waals surface area contributed by atoms with E-state index in [0.717, 1.165) is 12.0 Å². The van der Waals surface area contributed by atoms with E-state index in [2.05, 4.69) is 74.8 Å². The highest BCUT2D eigenvalue weighted by Gasteiger charge is 2.16. The summed E-state index contributed by atoms with van der Waals surface area (Å²) in [5.41, 5.74) is 4.93. The van der Waals surface area contributed by atoms with E-state index in [4.69, 9.17) is 0 Å². The molecule has 1 aromatic carbocycles. The molecule has 1 aliphatic rings. The van der Waals surface area contributed by atoms with Gasteiger partial charge in [0, 0.05) is 12.0 Å². The van der Waals surface area contributed by atoms with Crippen LogP contribution in [0.3, 0.4) is 0 Å². The molecule has 0 heterocycles. The molecular weight excluding hydrogens is 264 g/mol. The van der Waals surface area contributed by atoms with Gasteiger partial charge < -0.3 is 0 Å². The molecule has 0 unspecified atom stereocenters. The van der Waals surface area contributed by atoms with Crippen molar-refractivity contribution < 1.29 is 0 Å². The highest BCUT2D eigenvalue weighted by molar-refractivity contribution is 5.36. The summed E-state index contributed by atoms with van der Waals surface area (Å²) in [5, 5.41) is 0. The van der Waals surface area contributed by atoms with Crippen LogP contribution in [0.5, 0.6) is 0 Å². The summed E-state index contributed by atoms with van der Waals surface area (Å²) in [6.45, 7) is 8.46. The van der Waals surface area contributed by atoms with E-state index in [1.165, 1.54) is 42.4 Å². The Morgan fingerprint density at radius 2 is 1.91 bits per heavy atom. The minimum atomic E-state index is 0.713. The van der Waals surface area contributed by atoms with Crippen LogP contribution in [0.4, 0.5) is 0 Å². The number of hydrogen-bond acceptors (Lipinski definition) is 0. The highest BCUT2D eigenvalue weighted by atomic mass is 14.2. The summed E-state index contributed by atoms with van der Waals surface area (Å²) in [7, 11) is 0. The largest absolute Gasteiger partial charge is 0.0955 e. The number of allylic oxidation sites excluding steroid dienone is 5. The average Bonchev–Trinajstić information content (AvgIpc) is 3.03. The molecule has 0 atom stereocenters. The van der Waals surface area contributed by atoms with Gasteiger partial charge >= 0.3 is 0 Å². The van der Waals surface area contributed by atoms with E-state index in [1.54, 1.807) is 0 Å². The van der Waals surface area contributed by atoms with E-state index in [9.17, 15) is 0 Å². The number of aryl methyl sites for hydroxylation is 1. The molecule has 0 heteroatoms. The van der Waals surface area contributed by atoms with Crippen LogP contribution >= 0.6 is 0 Å². The van der Waals surface area contributed by atoms with Gasteiger partial charge in [-0.25, -0.2) is 0 Å². The Morgan fingerprint density at radius 3 is 2.59 bits per heavy atom. The van der Waals surface area contributed by atoms with Crippen molar-refractivity contribution >= 4 is 0 Å². The molecule has 0 spiro atoms. The molecule has 1 fully saturated rings. The highest BCUT2D eigenvalue weighted by Crippen LogP contribution is 2.31. The van der Waals surface area contributed by atoms with E-state index in [-0.39, 0.29) is 0 Å². The zero-order valence-corrected chi connectivity index (χ0v) is 13.9. The Bertz CT molecular complexity index is 608. The van der Waals surface area contributed by atoms with Crippen LogP contribution in [-0.2, 0) is 0 Å². The van der Waals surface area contributed by atoms with E-state index < -0.39 is 0 Å². The first-order valence-electron chi connectivity index (χ1n) is 8.24. The topological polar surface area (TPSA) is 0 Å². The van der Waals surface area contributed by atoms with Crippen molar-refractivity contribution in [3.8, 4) is 11.8 Å². The first-order valence-corrected chi connectivity index (χ1v) is 8.24. The zero-order valence-electron chi connectivity index (χ0n) is 13.9. The third kappa shape index (κ3) is 5.41. The lowest BCUT2D eigenvalue weighted by atomic mass is 9.97. The molecule has 1 aromatic rings. The molecule has 0 bridgehead atoms. The number of benzene rings is 1. The van der Waals surface area contributed by atoms with Gasteiger partial charge in [0.25, 0.3) is 0 Å². The molecule has 0 amide bonds. The van der Waals surface area contributed by atoms with Crippen LogP contribution < -0.4 is 0 Å². The molecular formula is C22H26. The van der Waals surface area contributed by atoms with Crippen LogP contribution in [0.2, 0.25) is 0 Å². The van der Waals surface area contributed by atoms with Crippen LogP contribution in [0.1, 0.15) is 50.2 Å². The lowest BCUT2D eigenvalue weighted by molar-refractivity contribution is 0.659. The maximum atomic E-state index is 4.23. The van der Waals surface area contributed by atoms with Crippen molar-refractivity contribution in [2.45, 2.75) is 46.0 Å². The standard InChI is InChI=1S/C22H26/c1-18-13-15-21(16-14-18)10-6-4-5-9-19(2)17-20(3)22-11-7-8-12-22/h5,9,13-17,22H,3-4,7-8,11-12H2,1-2H3. The first-order chi connectivity index (χ1) is 10.6. The fourth-order valence-electron chi connectivity index (χ4n) is 2.85. The minimum absolute atomic E-state index is 0.713. The number of rotatable bonds is 4. The van der Waals surface area contributed by atoms with Crippen molar-refractivity contribution in [2.75, 3.05) is 0 Å². The lowest BCUT2D eigenvalue weighted by Crippen LogP contribution is -1.94. The molecule has 0 saturated heterocycles. The molecule has 2 rings (SSSR count). The fourth-order valence-corrected chi connectivity index (χ4v) is 2.85. The molecule has 114 valence electrons. The Hall–Kier alpha value is -2.00. The van der Waals surface area contributed by atoms with Gasteiger partial charge in [0.1, 0.15) is 0 Å². The van der Waals surface area contributed by atoms with Gasteiger partial charge in [-0.2, -0.15) is 0 Å². The summed E-state index contributed by atoms with van der Waals surface area (Å²) in [6, 6.07) is 8.34. The second kappa shape index (κ2) is 8.44. The Balaban J connectivity index is 1.81. The maximum Gasteiger partial charge on any atom is 0.0276 e. The first kappa shape index (κ1) is 16.4. The molecule has 0 N–H and O–H groups in total. The van der Waals surface area contributed by atoms with Crippen molar-refractivity contribution in [3.63, 3.8) is 0 Å². The monoisotopic (exact) mass is 290 g/mol. The SMILES string of the molecule is C=C(C=C(C)C=CCC#Cc1ccc(C)cc1)C1CCCC1. The predicted octanol–water partition coefficient (Wildman–Crippen LogP) is 5.99. The zero-order chi connectivity index (χ0) is 15.8. The Kier molecular flexibility index (Phi) is 6.28. The maximum absolute atomic E-state index is 4.23. The molecule has 1 saturated carbocycles. The predicted molar refractivity (Wildman–Crippen MR) is 96.7 cm³/mol. The van der Waals surface area contributed by atoms with Crippen molar-refractivity contribution in [1.29, 1.82) is 0 Å². The normalized spacial score (nSPS) is 15.8. The Morgan fingerprint density at radius 1 is 1.23 bits per heavy atom. The summed E-state index contributed by atoms with van der Waals surface area (Å²) in [6.07, 6.45) is 12.7. The Labute approximate surface area is 135 Å². The molecule has 0 nitrogen and oxygen atoms in total. The van der Waals surface area contributed by atoms with Gasteiger partial charge in [-0.15, -0.1) is 0 Å².